The Bertz CT molecular complexity index is 946. The minimum atomic E-state index is 0.661. The molecular weight excluding hydrogens is 354 g/mol. The lowest BCUT2D eigenvalue weighted by molar-refractivity contribution is 0.331. The first kappa shape index (κ1) is 17.7. The number of nitrogens with zero attached hydrogens (tertiary/aromatic N) is 3. The lowest BCUT2D eigenvalue weighted by atomic mass is 10.1. The van der Waals surface area contributed by atoms with Crippen LogP contribution < -0.4 is 0 Å². The summed E-state index contributed by atoms with van der Waals surface area (Å²) < 4.78 is 0. The van der Waals surface area contributed by atoms with Gasteiger partial charge in [-0.25, -0.2) is 0 Å². The van der Waals surface area contributed by atoms with Gasteiger partial charge < -0.3 is 0 Å². The van der Waals surface area contributed by atoms with Gasteiger partial charge >= 0.3 is 0 Å². The second kappa shape index (κ2) is 8.35. The van der Waals surface area contributed by atoms with E-state index in [0.29, 0.717) is 10.7 Å². The fraction of sp³-hybridized carbons (Fsp3) is 0.217. The smallest absolute Gasteiger partial charge is 0.136 e. The van der Waals surface area contributed by atoms with Gasteiger partial charge in [-0.05, 0) is 73.8 Å². The van der Waals surface area contributed by atoms with Gasteiger partial charge in [0.05, 0.1) is 5.69 Å². The van der Waals surface area contributed by atoms with E-state index < -0.39 is 0 Å². The Morgan fingerprint density at radius 3 is 2.22 bits per heavy atom. The van der Waals surface area contributed by atoms with Gasteiger partial charge in [-0.15, -0.1) is 10.2 Å². The van der Waals surface area contributed by atoms with Crippen LogP contribution in [0.3, 0.4) is 0 Å². The summed E-state index contributed by atoms with van der Waals surface area (Å²) in [4.78, 5) is 2.50. The van der Waals surface area contributed by atoms with Crippen molar-refractivity contribution in [3.05, 3.63) is 82.5 Å². The summed E-state index contributed by atoms with van der Waals surface area (Å²) in [5, 5.41) is 9.19. The highest BCUT2D eigenvalue weighted by atomic mass is 35.5. The third kappa shape index (κ3) is 4.74. The van der Waals surface area contributed by atoms with Gasteiger partial charge in [0.25, 0.3) is 0 Å². The van der Waals surface area contributed by atoms with Crippen molar-refractivity contribution in [1.82, 2.24) is 15.1 Å². The minimum Gasteiger partial charge on any atom is -0.299 e. The monoisotopic (exact) mass is 373 g/mol. The fourth-order valence-electron chi connectivity index (χ4n) is 3.20. The highest BCUT2D eigenvalue weighted by molar-refractivity contribution is 6.30. The summed E-state index contributed by atoms with van der Waals surface area (Å²) in [6.07, 6.45) is 2.64. The van der Waals surface area contributed by atoms with E-state index in [1.165, 1.54) is 31.5 Å². The molecule has 1 fully saturated rings. The normalized spacial score (nSPS) is 14.0. The number of hydrogen-bond acceptors (Lipinski definition) is 3. The first-order valence-corrected chi connectivity index (χ1v) is 9.57. The summed E-state index contributed by atoms with van der Waals surface area (Å²) >= 11 is 5.92. The second-order valence-corrected chi connectivity index (χ2v) is 7.18. The van der Waals surface area contributed by atoms with Crippen LogP contribution in [0.2, 0.25) is 5.02 Å². The third-order valence-corrected chi connectivity index (χ3v) is 4.95. The molecule has 1 aromatic heterocycles. The van der Waals surface area contributed by atoms with Crippen LogP contribution in [0, 0.1) is 11.8 Å². The van der Waals surface area contributed by atoms with Gasteiger partial charge in [0.15, 0.2) is 0 Å². The number of aromatic nitrogens is 2. The fourth-order valence-corrected chi connectivity index (χ4v) is 3.33. The van der Waals surface area contributed by atoms with E-state index in [1.54, 1.807) is 0 Å². The summed E-state index contributed by atoms with van der Waals surface area (Å²) in [5.74, 6) is 6.25. The molecule has 0 N–H and O–H groups in total. The average Bonchev–Trinajstić information content (AvgIpc) is 3.22. The molecule has 0 saturated carbocycles. The van der Waals surface area contributed by atoms with Gasteiger partial charge in [0.2, 0.25) is 0 Å². The van der Waals surface area contributed by atoms with Crippen LogP contribution in [-0.4, -0.2) is 28.2 Å². The Morgan fingerprint density at radius 2 is 1.56 bits per heavy atom. The van der Waals surface area contributed by atoms with Crippen LogP contribution in [0.1, 0.15) is 29.7 Å². The molecule has 1 aliphatic heterocycles. The van der Waals surface area contributed by atoms with Gasteiger partial charge in [0, 0.05) is 22.7 Å². The van der Waals surface area contributed by atoms with E-state index in [2.05, 4.69) is 51.2 Å². The number of likely N-dealkylation sites (tertiary alicyclic amines) is 1. The van der Waals surface area contributed by atoms with Crippen molar-refractivity contribution < 1.29 is 0 Å². The maximum absolute atomic E-state index is 5.92. The van der Waals surface area contributed by atoms with Crippen molar-refractivity contribution >= 4 is 11.6 Å². The van der Waals surface area contributed by atoms with Gasteiger partial charge in [-0.3, -0.25) is 4.90 Å². The van der Waals surface area contributed by atoms with Crippen LogP contribution >= 0.6 is 11.6 Å². The highest BCUT2D eigenvalue weighted by Crippen LogP contribution is 2.19. The number of halogens is 1. The molecule has 4 rings (SSSR count). The average molecular weight is 374 g/mol. The maximum atomic E-state index is 5.92. The first-order valence-electron chi connectivity index (χ1n) is 9.19. The predicted octanol–water partition coefficient (Wildman–Crippen LogP) is 4.79. The van der Waals surface area contributed by atoms with Crippen LogP contribution in [-0.2, 0) is 6.54 Å². The predicted molar refractivity (Wildman–Crippen MR) is 109 cm³/mol. The van der Waals surface area contributed by atoms with Crippen molar-refractivity contribution in [3.63, 3.8) is 0 Å². The topological polar surface area (TPSA) is 29.0 Å². The molecule has 4 heteroatoms. The molecule has 0 bridgehead atoms. The Morgan fingerprint density at radius 1 is 0.815 bits per heavy atom. The van der Waals surface area contributed by atoms with Crippen LogP contribution in [0.15, 0.2) is 60.7 Å². The van der Waals surface area contributed by atoms with Gasteiger partial charge in [0.1, 0.15) is 5.69 Å². The molecule has 0 amide bonds. The molecule has 134 valence electrons. The van der Waals surface area contributed by atoms with Crippen molar-refractivity contribution in [2.75, 3.05) is 13.1 Å². The lowest BCUT2D eigenvalue weighted by Gasteiger charge is -2.14. The summed E-state index contributed by atoms with van der Waals surface area (Å²) in [5.41, 5.74) is 4.79. The molecule has 3 aromatic rings. The van der Waals surface area contributed by atoms with Crippen molar-refractivity contribution in [2.24, 2.45) is 0 Å². The van der Waals surface area contributed by atoms with E-state index in [-0.39, 0.29) is 0 Å². The van der Waals surface area contributed by atoms with E-state index >= 15 is 0 Å². The zero-order valence-corrected chi connectivity index (χ0v) is 15.8. The van der Waals surface area contributed by atoms with E-state index in [1.807, 2.05) is 36.4 Å². The number of rotatable bonds is 3. The quantitative estimate of drug-likeness (QED) is 0.618. The van der Waals surface area contributed by atoms with Gasteiger partial charge in [-0.2, -0.15) is 0 Å². The maximum Gasteiger partial charge on any atom is 0.136 e. The molecule has 3 nitrogen and oxygen atoms in total. The highest BCUT2D eigenvalue weighted by Gasteiger charge is 2.11. The molecule has 0 unspecified atom stereocenters. The Kier molecular flexibility index (Phi) is 5.48. The zero-order valence-electron chi connectivity index (χ0n) is 15.0. The third-order valence-electron chi connectivity index (χ3n) is 4.70. The molecule has 2 aromatic carbocycles. The Balaban J connectivity index is 1.42. The standard InChI is InChI=1S/C23H20ClN3/c24-21-10-8-20(9-11-21)23-14-13-22(25-26-23)12-7-18-3-5-19(6-4-18)17-27-15-1-2-16-27/h3-6,8-11,13-14H,1-2,15-17H2. The van der Waals surface area contributed by atoms with Crippen LogP contribution in [0.25, 0.3) is 11.3 Å². The molecule has 27 heavy (non-hydrogen) atoms. The minimum absolute atomic E-state index is 0.661. The number of benzene rings is 2. The van der Waals surface area contributed by atoms with E-state index in [0.717, 1.165) is 23.4 Å². The Hall–Kier alpha value is -2.67. The molecule has 1 saturated heterocycles. The lowest BCUT2D eigenvalue weighted by Crippen LogP contribution is -2.18. The molecule has 1 aliphatic rings. The molecule has 2 heterocycles. The molecule has 0 radical (unpaired) electrons. The van der Waals surface area contributed by atoms with Crippen LogP contribution in [0.5, 0.6) is 0 Å². The number of hydrogen-bond donors (Lipinski definition) is 0. The molecular formula is C23H20ClN3. The summed E-state index contributed by atoms with van der Waals surface area (Å²) in [6, 6.07) is 19.9. The SMILES string of the molecule is Clc1ccc(-c2ccc(C#Cc3ccc(CN4CCCC4)cc3)nn2)cc1. The molecule has 0 spiro atoms. The second-order valence-electron chi connectivity index (χ2n) is 6.74. The largest absolute Gasteiger partial charge is 0.299 e. The van der Waals surface area contributed by atoms with Crippen molar-refractivity contribution in [3.8, 4) is 23.1 Å². The molecule has 0 aliphatic carbocycles. The van der Waals surface area contributed by atoms with Crippen LogP contribution in [0.4, 0.5) is 0 Å². The van der Waals surface area contributed by atoms with Crippen molar-refractivity contribution in [1.29, 1.82) is 0 Å². The zero-order chi connectivity index (χ0) is 18.5. The summed E-state index contributed by atoms with van der Waals surface area (Å²) in [6.45, 7) is 3.46. The molecule has 0 atom stereocenters. The van der Waals surface area contributed by atoms with E-state index in [4.69, 9.17) is 11.6 Å². The van der Waals surface area contributed by atoms with Gasteiger partial charge in [-0.1, -0.05) is 41.8 Å². The van der Waals surface area contributed by atoms with Crippen molar-refractivity contribution in [2.45, 2.75) is 19.4 Å². The summed E-state index contributed by atoms with van der Waals surface area (Å²) in [7, 11) is 0. The van der Waals surface area contributed by atoms with E-state index in [9.17, 15) is 0 Å². The first-order chi connectivity index (χ1) is 13.3. The Labute approximate surface area is 165 Å².